The lowest BCUT2D eigenvalue weighted by Crippen LogP contribution is -2.36. The van der Waals surface area contributed by atoms with Crippen LogP contribution in [0.4, 0.5) is 4.79 Å². The molecule has 0 spiro atoms. The lowest BCUT2D eigenvalue weighted by Gasteiger charge is -2.11. The van der Waals surface area contributed by atoms with E-state index in [0.29, 0.717) is 11.6 Å². The number of urea groups is 1. The van der Waals surface area contributed by atoms with Gasteiger partial charge in [-0.05, 0) is 6.92 Å². The molecule has 3 N–H and O–H groups in total. The zero-order chi connectivity index (χ0) is 14.5. The molecule has 0 aromatic carbocycles. The van der Waals surface area contributed by atoms with Crippen molar-refractivity contribution in [2.45, 2.75) is 19.5 Å². The Labute approximate surface area is 122 Å². The molecule has 0 fully saturated rings. The molecule has 0 radical (unpaired) electrons. The second-order valence-electron chi connectivity index (χ2n) is 3.90. The van der Waals surface area contributed by atoms with Crippen LogP contribution in [0, 0.1) is 0 Å². The van der Waals surface area contributed by atoms with Gasteiger partial charge in [-0.3, -0.25) is 0 Å². The van der Waals surface area contributed by atoms with Crippen molar-refractivity contribution < 1.29 is 14.7 Å². The average Bonchev–Trinajstić information content (AvgIpc) is 3.07. The predicted octanol–water partition coefficient (Wildman–Crippen LogP) is 1.86. The average molecular weight is 312 g/mol. The number of carbonyl (C=O) groups excluding carboxylic acids is 1. The van der Waals surface area contributed by atoms with Gasteiger partial charge >= 0.3 is 12.0 Å². The van der Waals surface area contributed by atoms with E-state index in [4.69, 9.17) is 5.11 Å². The molecule has 2 aromatic heterocycles. The smallest absolute Gasteiger partial charge is 0.355 e. The van der Waals surface area contributed by atoms with E-state index >= 15 is 0 Å². The quantitative estimate of drug-likeness (QED) is 0.781. The second-order valence-corrected chi connectivity index (χ2v) is 5.51. The summed E-state index contributed by atoms with van der Waals surface area (Å²) in [5.74, 6) is -1.08. The van der Waals surface area contributed by atoms with Crippen LogP contribution in [-0.2, 0) is 6.54 Å². The van der Waals surface area contributed by atoms with E-state index in [0.717, 1.165) is 5.69 Å². The highest BCUT2D eigenvalue weighted by Crippen LogP contribution is 2.17. The molecule has 0 aliphatic heterocycles. The maximum absolute atomic E-state index is 11.7. The Hall–Kier alpha value is -2.00. The first-order valence-corrected chi connectivity index (χ1v) is 7.48. The molecule has 9 heteroatoms. The van der Waals surface area contributed by atoms with Gasteiger partial charge in [0.1, 0.15) is 5.01 Å². The maximum Gasteiger partial charge on any atom is 0.355 e. The highest BCUT2D eigenvalue weighted by atomic mass is 32.1. The molecule has 2 amide bonds. The SMILES string of the molecule is CC(NC(=O)NCc1cscn1)c1nc(C(=O)O)cs1. The Kier molecular flexibility index (Phi) is 4.64. The van der Waals surface area contributed by atoms with Crippen LogP contribution >= 0.6 is 22.7 Å². The van der Waals surface area contributed by atoms with E-state index in [9.17, 15) is 9.59 Å². The number of carboxylic acids is 1. The van der Waals surface area contributed by atoms with Crippen LogP contribution in [0.1, 0.15) is 34.2 Å². The second kappa shape index (κ2) is 6.44. The van der Waals surface area contributed by atoms with Crippen LogP contribution in [0.15, 0.2) is 16.3 Å². The molecule has 0 bridgehead atoms. The van der Waals surface area contributed by atoms with Gasteiger partial charge in [-0.25, -0.2) is 19.6 Å². The van der Waals surface area contributed by atoms with E-state index in [1.165, 1.54) is 28.1 Å². The van der Waals surface area contributed by atoms with Crippen molar-refractivity contribution in [3.05, 3.63) is 32.7 Å². The van der Waals surface area contributed by atoms with Crippen LogP contribution in [0.2, 0.25) is 0 Å². The molecular weight excluding hydrogens is 300 g/mol. The van der Waals surface area contributed by atoms with Crippen molar-refractivity contribution in [3.8, 4) is 0 Å². The minimum Gasteiger partial charge on any atom is -0.476 e. The first kappa shape index (κ1) is 14.4. The minimum atomic E-state index is -1.08. The molecule has 20 heavy (non-hydrogen) atoms. The number of rotatable bonds is 5. The van der Waals surface area contributed by atoms with Gasteiger partial charge < -0.3 is 15.7 Å². The monoisotopic (exact) mass is 312 g/mol. The Morgan fingerprint density at radius 3 is 2.85 bits per heavy atom. The molecule has 2 aromatic rings. The minimum absolute atomic E-state index is 0.0125. The van der Waals surface area contributed by atoms with Crippen LogP contribution in [-0.4, -0.2) is 27.1 Å². The fraction of sp³-hybridized carbons (Fsp3) is 0.273. The summed E-state index contributed by atoms with van der Waals surface area (Å²) >= 11 is 2.66. The number of aromatic nitrogens is 2. The molecule has 0 aliphatic rings. The number of aromatic carboxylic acids is 1. The fourth-order valence-corrected chi connectivity index (χ4v) is 2.75. The number of nitrogens with one attached hydrogen (secondary N) is 2. The lowest BCUT2D eigenvalue weighted by atomic mass is 10.3. The van der Waals surface area contributed by atoms with Crippen molar-refractivity contribution in [2.75, 3.05) is 0 Å². The van der Waals surface area contributed by atoms with Crippen LogP contribution < -0.4 is 10.6 Å². The summed E-state index contributed by atoms with van der Waals surface area (Å²) in [7, 11) is 0. The van der Waals surface area contributed by atoms with Crippen LogP contribution in [0.3, 0.4) is 0 Å². The standard InChI is InChI=1S/C11H12N4O3S2/c1-6(9-15-8(4-20-9)10(16)17)14-11(18)12-2-7-3-19-5-13-7/h3-6H,2H2,1H3,(H,16,17)(H2,12,14,18). The summed E-state index contributed by atoms with van der Waals surface area (Å²) < 4.78 is 0. The lowest BCUT2D eigenvalue weighted by molar-refractivity contribution is 0.0691. The Balaban J connectivity index is 1.85. The number of hydrogen-bond donors (Lipinski definition) is 3. The Morgan fingerprint density at radius 2 is 2.25 bits per heavy atom. The Morgan fingerprint density at radius 1 is 1.45 bits per heavy atom. The maximum atomic E-state index is 11.7. The van der Waals surface area contributed by atoms with E-state index in [1.54, 1.807) is 12.4 Å². The fourth-order valence-electron chi connectivity index (χ4n) is 1.39. The summed E-state index contributed by atoms with van der Waals surface area (Å²) in [4.78, 5) is 30.4. The molecule has 0 saturated heterocycles. The molecule has 0 aliphatic carbocycles. The van der Waals surface area contributed by atoms with Gasteiger partial charge in [-0.2, -0.15) is 0 Å². The molecule has 2 heterocycles. The Bertz CT molecular complexity index is 597. The summed E-state index contributed by atoms with van der Waals surface area (Å²) in [5.41, 5.74) is 2.47. The van der Waals surface area contributed by atoms with Crippen molar-refractivity contribution in [3.63, 3.8) is 0 Å². The first-order valence-electron chi connectivity index (χ1n) is 5.66. The zero-order valence-electron chi connectivity index (χ0n) is 10.5. The molecule has 1 atom stereocenters. The van der Waals surface area contributed by atoms with Gasteiger partial charge in [0, 0.05) is 10.8 Å². The van der Waals surface area contributed by atoms with E-state index < -0.39 is 5.97 Å². The summed E-state index contributed by atoms with van der Waals surface area (Å²) in [6, 6.07) is -0.707. The predicted molar refractivity (Wildman–Crippen MR) is 75.0 cm³/mol. The van der Waals surface area contributed by atoms with Crippen molar-refractivity contribution in [2.24, 2.45) is 0 Å². The summed E-state index contributed by atoms with van der Waals surface area (Å²) in [5, 5.41) is 18.0. The van der Waals surface area contributed by atoms with E-state index in [1.807, 2.05) is 5.38 Å². The highest BCUT2D eigenvalue weighted by Gasteiger charge is 2.15. The molecule has 106 valence electrons. The largest absolute Gasteiger partial charge is 0.476 e. The molecule has 0 saturated carbocycles. The van der Waals surface area contributed by atoms with Gasteiger partial charge in [0.05, 0.1) is 23.8 Å². The third kappa shape index (κ3) is 3.75. The van der Waals surface area contributed by atoms with Gasteiger partial charge in [0.15, 0.2) is 5.69 Å². The number of hydrogen-bond acceptors (Lipinski definition) is 6. The number of carboxylic acid groups (broad SMARTS) is 1. The first-order chi connectivity index (χ1) is 9.56. The normalized spacial score (nSPS) is 11.8. The van der Waals surface area contributed by atoms with E-state index in [2.05, 4.69) is 20.6 Å². The molecular formula is C11H12N4O3S2. The molecule has 2 rings (SSSR count). The third-order valence-corrected chi connectivity index (χ3v) is 4.04. The number of amides is 2. The third-order valence-electron chi connectivity index (χ3n) is 2.37. The molecule has 7 nitrogen and oxygen atoms in total. The van der Waals surface area contributed by atoms with Crippen molar-refractivity contribution in [1.82, 2.24) is 20.6 Å². The summed E-state index contributed by atoms with van der Waals surface area (Å²) in [6.45, 7) is 2.09. The van der Waals surface area contributed by atoms with Gasteiger partial charge in [0.2, 0.25) is 0 Å². The van der Waals surface area contributed by atoms with E-state index in [-0.39, 0.29) is 17.8 Å². The van der Waals surface area contributed by atoms with Gasteiger partial charge in [0.25, 0.3) is 0 Å². The topological polar surface area (TPSA) is 104 Å². The van der Waals surface area contributed by atoms with Gasteiger partial charge in [-0.1, -0.05) is 0 Å². The number of nitrogens with zero attached hydrogens (tertiary/aromatic N) is 2. The van der Waals surface area contributed by atoms with Crippen molar-refractivity contribution in [1.29, 1.82) is 0 Å². The number of thiazole rings is 2. The van der Waals surface area contributed by atoms with Crippen LogP contribution in [0.25, 0.3) is 0 Å². The zero-order valence-corrected chi connectivity index (χ0v) is 12.1. The summed E-state index contributed by atoms with van der Waals surface area (Å²) in [6.07, 6.45) is 0. The van der Waals surface area contributed by atoms with Crippen molar-refractivity contribution >= 4 is 34.7 Å². The number of carbonyl (C=O) groups is 2. The molecule has 1 unspecified atom stereocenters. The highest BCUT2D eigenvalue weighted by molar-refractivity contribution is 7.09. The van der Waals surface area contributed by atoms with Crippen LogP contribution in [0.5, 0.6) is 0 Å². The van der Waals surface area contributed by atoms with Gasteiger partial charge in [-0.15, -0.1) is 22.7 Å².